The molecule has 1 N–H and O–H groups in total. The van der Waals surface area contributed by atoms with Gasteiger partial charge in [-0.2, -0.15) is 11.8 Å². The fourth-order valence-electron chi connectivity index (χ4n) is 1.77. The summed E-state index contributed by atoms with van der Waals surface area (Å²) in [4.78, 5) is 0. The third kappa shape index (κ3) is 10.6. The van der Waals surface area contributed by atoms with E-state index in [-0.39, 0.29) is 0 Å². The van der Waals surface area contributed by atoms with Gasteiger partial charge in [-0.05, 0) is 42.7 Å². The third-order valence-electron chi connectivity index (χ3n) is 2.49. The summed E-state index contributed by atoms with van der Waals surface area (Å²) < 4.78 is 0. The molecule has 0 aromatic carbocycles. The summed E-state index contributed by atoms with van der Waals surface area (Å²) in [7, 11) is 0. The number of rotatable bonds is 9. The van der Waals surface area contributed by atoms with Crippen LogP contribution in [0.1, 0.15) is 47.5 Å². The van der Waals surface area contributed by atoms with Crippen LogP contribution < -0.4 is 5.32 Å². The van der Waals surface area contributed by atoms with Crippen LogP contribution in [0, 0.1) is 11.8 Å². The third-order valence-corrected chi connectivity index (χ3v) is 3.43. The average molecular weight is 231 g/mol. The Labute approximate surface area is 101 Å². The molecule has 0 aliphatic carbocycles. The molecule has 0 heterocycles. The highest BCUT2D eigenvalue weighted by Gasteiger charge is 2.10. The van der Waals surface area contributed by atoms with Crippen LogP contribution in [0.25, 0.3) is 0 Å². The molecule has 92 valence electrons. The lowest BCUT2D eigenvalue weighted by Crippen LogP contribution is -2.30. The standard InChI is InChI=1S/C13H29NS/c1-6-15-8-7-13(9-11(2)3)10-14-12(4)5/h11-14H,6-10H2,1-5H3. The molecule has 0 aromatic heterocycles. The van der Waals surface area contributed by atoms with Crippen molar-refractivity contribution in [3.63, 3.8) is 0 Å². The Morgan fingerprint density at radius 1 is 1.13 bits per heavy atom. The van der Waals surface area contributed by atoms with Gasteiger partial charge < -0.3 is 5.32 Å². The zero-order valence-electron chi connectivity index (χ0n) is 11.2. The normalized spacial score (nSPS) is 13.8. The largest absolute Gasteiger partial charge is 0.314 e. The highest BCUT2D eigenvalue weighted by Crippen LogP contribution is 2.17. The molecule has 0 fully saturated rings. The van der Waals surface area contributed by atoms with Crippen LogP contribution in [0.5, 0.6) is 0 Å². The van der Waals surface area contributed by atoms with Gasteiger partial charge in [0.25, 0.3) is 0 Å². The Bertz CT molecular complexity index is 134. The van der Waals surface area contributed by atoms with Crippen LogP contribution in [0.15, 0.2) is 0 Å². The Morgan fingerprint density at radius 3 is 2.27 bits per heavy atom. The molecule has 0 saturated heterocycles. The lowest BCUT2D eigenvalue weighted by atomic mass is 9.94. The minimum atomic E-state index is 0.624. The van der Waals surface area contributed by atoms with Crippen molar-refractivity contribution in [2.24, 2.45) is 11.8 Å². The van der Waals surface area contributed by atoms with Crippen molar-refractivity contribution in [3.05, 3.63) is 0 Å². The van der Waals surface area contributed by atoms with E-state index in [4.69, 9.17) is 0 Å². The molecule has 0 bridgehead atoms. The van der Waals surface area contributed by atoms with Crippen molar-refractivity contribution in [2.75, 3.05) is 18.1 Å². The Balaban J connectivity index is 3.73. The van der Waals surface area contributed by atoms with Crippen molar-refractivity contribution >= 4 is 11.8 Å². The fourth-order valence-corrected chi connectivity index (χ4v) is 2.56. The maximum atomic E-state index is 3.57. The zero-order chi connectivity index (χ0) is 11.7. The predicted octanol–water partition coefficient (Wildman–Crippen LogP) is 3.79. The van der Waals surface area contributed by atoms with Crippen LogP contribution in [0.2, 0.25) is 0 Å². The molecule has 0 amide bonds. The average Bonchev–Trinajstić information content (AvgIpc) is 2.13. The smallest absolute Gasteiger partial charge is 0.00104 e. The number of nitrogens with one attached hydrogen (secondary N) is 1. The van der Waals surface area contributed by atoms with Crippen molar-refractivity contribution in [2.45, 2.75) is 53.5 Å². The first-order chi connectivity index (χ1) is 7.06. The number of hydrogen-bond donors (Lipinski definition) is 1. The molecule has 0 aromatic rings. The molecule has 15 heavy (non-hydrogen) atoms. The second-order valence-corrected chi connectivity index (χ2v) is 6.44. The van der Waals surface area contributed by atoms with E-state index in [1.54, 1.807) is 0 Å². The van der Waals surface area contributed by atoms with Gasteiger partial charge in [0, 0.05) is 6.04 Å². The van der Waals surface area contributed by atoms with E-state index in [0.717, 1.165) is 11.8 Å². The van der Waals surface area contributed by atoms with Crippen LogP contribution in [-0.4, -0.2) is 24.1 Å². The quantitative estimate of drug-likeness (QED) is 0.606. The van der Waals surface area contributed by atoms with E-state index in [9.17, 15) is 0 Å². The van der Waals surface area contributed by atoms with E-state index in [0.29, 0.717) is 6.04 Å². The van der Waals surface area contributed by atoms with Gasteiger partial charge in [0.15, 0.2) is 0 Å². The van der Waals surface area contributed by atoms with Crippen LogP contribution in [0.3, 0.4) is 0 Å². The molecule has 2 heteroatoms. The minimum Gasteiger partial charge on any atom is -0.314 e. The van der Waals surface area contributed by atoms with Crippen LogP contribution in [-0.2, 0) is 0 Å². The van der Waals surface area contributed by atoms with E-state index < -0.39 is 0 Å². The molecule has 1 atom stereocenters. The van der Waals surface area contributed by atoms with Crippen LogP contribution >= 0.6 is 11.8 Å². The summed E-state index contributed by atoms with van der Waals surface area (Å²) in [5, 5.41) is 3.57. The lowest BCUT2D eigenvalue weighted by molar-refractivity contribution is 0.368. The highest BCUT2D eigenvalue weighted by molar-refractivity contribution is 7.99. The van der Waals surface area contributed by atoms with Gasteiger partial charge in [0.1, 0.15) is 0 Å². The first-order valence-corrected chi connectivity index (χ1v) is 7.52. The van der Waals surface area contributed by atoms with Gasteiger partial charge in [-0.1, -0.05) is 34.6 Å². The lowest BCUT2D eigenvalue weighted by Gasteiger charge is -2.20. The summed E-state index contributed by atoms with van der Waals surface area (Å²) in [6.07, 6.45) is 2.74. The van der Waals surface area contributed by atoms with Crippen molar-refractivity contribution in [1.29, 1.82) is 0 Å². The summed E-state index contributed by atoms with van der Waals surface area (Å²) in [6.45, 7) is 12.6. The van der Waals surface area contributed by atoms with Gasteiger partial charge in [0.2, 0.25) is 0 Å². The minimum absolute atomic E-state index is 0.624. The molecule has 0 aliphatic heterocycles. The van der Waals surface area contributed by atoms with Crippen molar-refractivity contribution in [1.82, 2.24) is 5.32 Å². The molecule has 0 spiro atoms. The molecule has 1 unspecified atom stereocenters. The number of hydrogen-bond acceptors (Lipinski definition) is 2. The van der Waals surface area contributed by atoms with Crippen LogP contribution in [0.4, 0.5) is 0 Å². The van der Waals surface area contributed by atoms with Gasteiger partial charge >= 0.3 is 0 Å². The summed E-state index contributed by atoms with van der Waals surface area (Å²) in [5.41, 5.74) is 0. The number of thioether (sulfide) groups is 1. The van der Waals surface area contributed by atoms with Crippen molar-refractivity contribution < 1.29 is 0 Å². The summed E-state index contributed by atoms with van der Waals surface area (Å²) in [5.74, 6) is 4.28. The maximum Gasteiger partial charge on any atom is 0.00104 e. The monoisotopic (exact) mass is 231 g/mol. The molecule has 0 saturated carbocycles. The Morgan fingerprint density at radius 2 is 1.80 bits per heavy atom. The molecule has 0 aliphatic rings. The zero-order valence-corrected chi connectivity index (χ0v) is 12.0. The van der Waals surface area contributed by atoms with Gasteiger partial charge in [-0.25, -0.2) is 0 Å². The molecular formula is C13H29NS. The first kappa shape index (κ1) is 15.3. The molecule has 0 rings (SSSR count). The fraction of sp³-hybridized carbons (Fsp3) is 1.00. The Hall–Kier alpha value is 0.310. The Kier molecular flexibility index (Phi) is 9.73. The summed E-state index contributed by atoms with van der Waals surface area (Å²) in [6, 6.07) is 0.624. The second-order valence-electron chi connectivity index (χ2n) is 5.04. The topological polar surface area (TPSA) is 12.0 Å². The van der Waals surface area contributed by atoms with E-state index >= 15 is 0 Å². The summed E-state index contributed by atoms with van der Waals surface area (Å²) >= 11 is 2.07. The first-order valence-electron chi connectivity index (χ1n) is 6.37. The second kappa shape index (κ2) is 9.53. The highest BCUT2D eigenvalue weighted by atomic mass is 32.2. The van der Waals surface area contributed by atoms with E-state index in [1.165, 1.54) is 30.9 Å². The molecule has 0 radical (unpaired) electrons. The van der Waals surface area contributed by atoms with Gasteiger partial charge in [-0.15, -0.1) is 0 Å². The van der Waals surface area contributed by atoms with Crippen molar-refractivity contribution in [3.8, 4) is 0 Å². The van der Waals surface area contributed by atoms with E-state index in [1.807, 2.05) is 0 Å². The predicted molar refractivity (Wildman–Crippen MR) is 73.7 cm³/mol. The maximum absolute atomic E-state index is 3.57. The van der Waals surface area contributed by atoms with Gasteiger partial charge in [-0.3, -0.25) is 0 Å². The van der Waals surface area contributed by atoms with E-state index in [2.05, 4.69) is 51.7 Å². The molecule has 1 nitrogen and oxygen atoms in total. The molecular weight excluding hydrogens is 202 g/mol. The van der Waals surface area contributed by atoms with Gasteiger partial charge in [0.05, 0.1) is 0 Å². The SMILES string of the molecule is CCSCCC(CNC(C)C)CC(C)C.